The van der Waals surface area contributed by atoms with Gasteiger partial charge in [-0.2, -0.15) is 0 Å². The lowest BCUT2D eigenvalue weighted by Gasteiger charge is -2.19. The molecule has 0 fully saturated rings. The molecular weight excluding hydrogens is 322 g/mol. The normalized spacial score (nSPS) is 11.8. The molecule has 0 spiro atoms. The number of hydrogen-bond acceptors (Lipinski definition) is 3. The lowest BCUT2D eigenvalue weighted by Crippen LogP contribution is -2.30. The average Bonchev–Trinajstić information content (AvgIpc) is 2.56. The summed E-state index contributed by atoms with van der Waals surface area (Å²) in [7, 11) is 0. The minimum Gasteiger partial charge on any atom is -0.481 e. The SMILES string of the molecule is CSc1ccc(C(CC(=O)O)NC(=O)c2cccc(C)c2C)cc1. The highest BCUT2D eigenvalue weighted by Gasteiger charge is 2.20. The summed E-state index contributed by atoms with van der Waals surface area (Å²) in [5.74, 6) is -1.20. The Hall–Kier alpha value is -2.27. The van der Waals surface area contributed by atoms with Crippen molar-refractivity contribution in [1.82, 2.24) is 5.32 Å². The van der Waals surface area contributed by atoms with Crippen molar-refractivity contribution in [3.63, 3.8) is 0 Å². The van der Waals surface area contributed by atoms with E-state index >= 15 is 0 Å². The number of thioether (sulfide) groups is 1. The number of aliphatic carboxylic acids is 1. The van der Waals surface area contributed by atoms with Gasteiger partial charge in [0.25, 0.3) is 5.91 Å². The highest BCUT2D eigenvalue weighted by molar-refractivity contribution is 7.98. The van der Waals surface area contributed by atoms with Gasteiger partial charge >= 0.3 is 5.97 Å². The molecule has 1 atom stereocenters. The number of nitrogens with one attached hydrogen (secondary N) is 1. The summed E-state index contributed by atoms with van der Waals surface area (Å²) >= 11 is 1.61. The van der Waals surface area contributed by atoms with Crippen molar-refractivity contribution in [3.05, 3.63) is 64.7 Å². The minimum absolute atomic E-state index is 0.158. The number of benzene rings is 2. The Labute approximate surface area is 146 Å². The van der Waals surface area contributed by atoms with E-state index in [-0.39, 0.29) is 12.3 Å². The van der Waals surface area contributed by atoms with Crippen LogP contribution in [-0.2, 0) is 4.79 Å². The van der Waals surface area contributed by atoms with Crippen LogP contribution in [0.4, 0.5) is 0 Å². The quantitative estimate of drug-likeness (QED) is 0.779. The maximum absolute atomic E-state index is 12.6. The Morgan fingerprint density at radius 2 is 1.79 bits per heavy atom. The third-order valence-electron chi connectivity index (χ3n) is 4.05. The standard InChI is InChI=1S/C19H21NO3S/c1-12-5-4-6-16(13(12)2)19(23)20-17(11-18(21)22)14-7-9-15(24-3)10-8-14/h4-10,17H,11H2,1-3H3,(H,20,23)(H,21,22). The molecule has 4 nitrogen and oxygen atoms in total. The van der Waals surface area contributed by atoms with Crippen molar-refractivity contribution in [2.75, 3.05) is 6.26 Å². The van der Waals surface area contributed by atoms with Crippen LogP contribution in [0.1, 0.15) is 39.5 Å². The Morgan fingerprint density at radius 3 is 2.38 bits per heavy atom. The van der Waals surface area contributed by atoms with E-state index in [1.165, 1.54) is 0 Å². The minimum atomic E-state index is -0.949. The molecule has 0 radical (unpaired) electrons. The molecule has 2 rings (SSSR count). The van der Waals surface area contributed by atoms with Crippen LogP contribution in [0.25, 0.3) is 0 Å². The topological polar surface area (TPSA) is 66.4 Å². The molecule has 0 aliphatic heterocycles. The molecule has 0 bridgehead atoms. The van der Waals surface area contributed by atoms with Crippen LogP contribution < -0.4 is 5.32 Å². The fourth-order valence-electron chi connectivity index (χ4n) is 2.50. The summed E-state index contributed by atoms with van der Waals surface area (Å²) < 4.78 is 0. The molecule has 2 aromatic carbocycles. The van der Waals surface area contributed by atoms with Gasteiger partial charge in [-0.1, -0.05) is 24.3 Å². The maximum atomic E-state index is 12.6. The zero-order valence-corrected chi connectivity index (χ0v) is 14.8. The third-order valence-corrected chi connectivity index (χ3v) is 4.80. The fourth-order valence-corrected chi connectivity index (χ4v) is 2.90. The molecule has 0 aromatic heterocycles. The predicted molar refractivity (Wildman–Crippen MR) is 96.6 cm³/mol. The molecular formula is C19H21NO3S. The maximum Gasteiger partial charge on any atom is 0.305 e. The first-order valence-corrected chi connectivity index (χ1v) is 8.87. The Balaban J connectivity index is 2.26. The van der Waals surface area contributed by atoms with E-state index in [4.69, 9.17) is 0 Å². The molecule has 0 saturated carbocycles. The van der Waals surface area contributed by atoms with E-state index < -0.39 is 12.0 Å². The summed E-state index contributed by atoms with van der Waals surface area (Å²) in [5.41, 5.74) is 3.29. The molecule has 126 valence electrons. The molecule has 24 heavy (non-hydrogen) atoms. The number of carbonyl (C=O) groups excluding carboxylic acids is 1. The van der Waals surface area contributed by atoms with Gasteiger partial charge in [-0.15, -0.1) is 11.8 Å². The van der Waals surface area contributed by atoms with Crippen molar-refractivity contribution >= 4 is 23.6 Å². The first-order valence-electron chi connectivity index (χ1n) is 7.65. The second kappa shape index (κ2) is 8.02. The van der Waals surface area contributed by atoms with Crippen molar-refractivity contribution < 1.29 is 14.7 Å². The molecule has 0 saturated heterocycles. The van der Waals surface area contributed by atoms with Crippen LogP contribution in [0.3, 0.4) is 0 Å². The van der Waals surface area contributed by atoms with E-state index in [0.717, 1.165) is 21.6 Å². The lowest BCUT2D eigenvalue weighted by molar-refractivity contribution is -0.137. The van der Waals surface area contributed by atoms with Gasteiger partial charge in [0.1, 0.15) is 0 Å². The van der Waals surface area contributed by atoms with Gasteiger partial charge in [0.05, 0.1) is 12.5 Å². The van der Waals surface area contributed by atoms with Gasteiger partial charge in [0.15, 0.2) is 0 Å². The lowest BCUT2D eigenvalue weighted by atomic mass is 10.0. The van der Waals surface area contributed by atoms with Gasteiger partial charge in [-0.25, -0.2) is 0 Å². The number of carboxylic acid groups (broad SMARTS) is 1. The van der Waals surface area contributed by atoms with Gasteiger partial charge < -0.3 is 10.4 Å². The van der Waals surface area contributed by atoms with Gasteiger partial charge in [0.2, 0.25) is 0 Å². The van der Waals surface area contributed by atoms with E-state index in [1.54, 1.807) is 17.8 Å². The summed E-state index contributed by atoms with van der Waals surface area (Å²) in [6.07, 6.45) is 1.82. The van der Waals surface area contributed by atoms with Crippen molar-refractivity contribution in [2.24, 2.45) is 0 Å². The Morgan fingerprint density at radius 1 is 1.12 bits per heavy atom. The number of aryl methyl sites for hydroxylation is 1. The smallest absolute Gasteiger partial charge is 0.305 e. The second-order valence-electron chi connectivity index (χ2n) is 5.64. The van der Waals surface area contributed by atoms with Gasteiger partial charge in [-0.3, -0.25) is 9.59 Å². The first-order chi connectivity index (χ1) is 11.4. The summed E-state index contributed by atoms with van der Waals surface area (Å²) in [5, 5.41) is 12.0. The molecule has 2 aromatic rings. The van der Waals surface area contributed by atoms with Crippen LogP contribution in [0.5, 0.6) is 0 Å². The van der Waals surface area contributed by atoms with Crippen LogP contribution in [0, 0.1) is 13.8 Å². The Bertz CT molecular complexity index is 741. The number of rotatable bonds is 6. The molecule has 0 aliphatic rings. The summed E-state index contributed by atoms with van der Waals surface area (Å²) in [4.78, 5) is 24.9. The molecule has 0 heterocycles. The number of carboxylic acids is 1. The predicted octanol–water partition coefficient (Wildman–Crippen LogP) is 3.97. The van der Waals surface area contributed by atoms with Crippen LogP contribution in [0.2, 0.25) is 0 Å². The average molecular weight is 343 g/mol. The van der Waals surface area contributed by atoms with Crippen LogP contribution in [0.15, 0.2) is 47.4 Å². The van der Waals surface area contributed by atoms with E-state index in [1.807, 2.05) is 56.5 Å². The van der Waals surface area contributed by atoms with Crippen molar-refractivity contribution in [3.8, 4) is 0 Å². The molecule has 1 unspecified atom stereocenters. The zero-order chi connectivity index (χ0) is 17.7. The first kappa shape index (κ1) is 18.1. The second-order valence-corrected chi connectivity index (χ2v) is 6.52. The highest BCUT2D eigenvalue weighted by atomic mass is 32.2. The van der Waals surface area contributed by atoms with Crippen molar-refractivity contribution in [2.45, 2.75) is 31.2 Å². The molecule has 5 heteroatoms. The summed E-state index contributed by atoms with van der Waals surface area (Å²) in [6, 6.07) is 12.6. The van der Waals surface area contributed by atoms with E-state index in [9.17, 15) is 14.7 Å². The monoisotopic (exact) mass is 343 g/mol. The number of hydrogen-bond donors (Lipinski definition) is 2. The largest absolute Gasteiger partial charge is 0.481 e. The highest BCUT2D eigenvalue weighted by Crippen LogP contribution is 2.22. The molecule has 2 N–H and O–H groups in total. The van der Waals surface area contributed by atoms with Gasteiger partial charge in [-0.05, 0) is 55.0 Å². The van der Waals surface area contributed by atoms with Gasteiger partial charge in [0, 0.05) is 10.5 Å². The third kappa shape index (κ3) is 4.38. The van der Waals surface area contributed by atoms with Crippen molar-refractivity contribution in [1.29, 1.82) is 0 Å². The zero-order valence-electron chi connectivity index (χ0n) is 14.0. The van der Waals surface area contributed by atoms with Crippen LogP contribution in [-0.4, -0.2) is 23.2 Å². The molecule has 1 amide bonds. The number of carbonyl (C=O) groups is 2. The van der Waals surface area contributed by atoms with E-state index in [0.29, 0.717) is 5.56 Å². The number of amides is 1. The molecule has 0 aliphatic carbocycles. The van der Waals surface area contributed by atoms with E-state index in [2.05, 4.69) is 5.32 Å². The fraction of sp³-hybridized carbons (Fsp3) is 0.263. The van der Waals surface area contributed by atoms with Crippen LogP contribution >= 0.6 is 11.8 Å². The Kier molecular flexibility index (Phi) is 6.04. The summed E-state index contributed by atoms with van der Waals surface area (Å²) in [6.45, 7) is 3.84.